The van der Waals surface area contributed by atoms with E-state index in [4.69, 9.17) is 30.3 Å². The first kappa shape index (κ1) is 24.9. The number of carboxylic acids is 2. The Morgan fingerprint density at radius 2 is 1.78 bits per heavy atom. The molecular weight excluding hydrogens is 420 g/mol. The van der Waals surface area contributed by atoms with Gasteiger partial charge in [0.2, 0.25) is 5.91 Å². The average Bonchev–Trinajstić information content (AvgIpc) is 2.60. The molecule has 1 amide bonds. The summed E-state index contributed by atoms with van der Waals surface area (Å²) in [6.07, 6.45) is 3.40. The Kier molecular flexibility index (Phi) is 12.9. The number of nitrogens with zero attached hydrogens (tertiary/aromatic N) is 1. The number of aliphatic carboxylic acids is 2. The summed E-state index contributed by atoms with van der Waals surface area (Å²) in [5, 5.41) is 14.8. The number of hydrogen-bond donors (Lipinski definition) is 3. The van der Waals surface area contributed by atoms with Gasteiger partial charge in [-0.3, -0.25) is 4.79 Å². The van der Waals surface area contributed by atoms with Crippen LogP contribution in [-0.4, -0.2) is 59.7 Å². The van der Waals surface area contributed by atoms with Crippen molar-refractivity contribution in [2.75, 3.05) is 26.7 Å². The fourth-order valence-electron chi connectivity index (χ4n) is 2.28. The number of hydrogen-bond acceptors (Lipinski definition) is 5. The topological polar surface area (TPSA) is 130 Å². The van der Waals surface area contributed by atoms with Gasteiger partial charge in [0.25, 0.3) is 0 Å². The van der Waals surface area contributed by atoms with Crippen LogP contribution in [0.4, 0.5) is 0 Å². The van der Waals surface area contributed by atoms with Crippen LogP contribution in [-0.2, 0) is 20.8 Å². The molecule has 27 heavy (non-hydrogen) atoms. The van der Waals surface area contributed by atoms with Crippen molar-refractivity contribution in [2.45, 2.75) is 32.6 Å². The third-order valence-electron chi connectivity index (χ3n) is 3.55. The van der Waals surface area contributed by atoms with Gasteiger partial charge in [-0.1, -0.05) is 13.0 Å². The van der Waals surface area contributed by atoms with E-state index in [1.807, 2.05) is 6.07 Å². The zero-order valence-electron chi connectivity index (χ0n) is 15.6. The second-order valence-corrected chi connectivity index (χ2v) is 6.60. The minimum atomic E-state index is -1.82. The molecule has 152 valence electrons. The first-order chi connectivity index (χ1) is 12.7. The highest BCUT2D eigenvalue weighted by Crippen LogP contribution is 2.25. The van der Waals surface area contributed by atoms with Crippen LogP contribution in [0.15, 0.2) is 22.7 Å². The second kappa shape index (κ2) is 14.0. The van der Waals surface area contributed by atoms with Gasteiger partial charge >= 0.3 is 11.9 Å². The van der Waals surface area contributed by atoms with Gasteiger partial charge in [0, 0.05) is 13.0 Å². The van der Waals surface area contributed by atoms with Crippen molar-refractivity contribution in [3.8, 4) is 5.75 Å². The lowest BCUT2D eigenvalue weighted by Crippen LogP contribution is -2.29. The molecule has 0 aliphatic rings. The van der Waals surface area contributed by atoms with Gasteiger partial charge in [0.15, 0.2) is 0 Å². The van der Waals surface area contributed by atoms with Gasteiger partial charge in [0.1, 0.15) is 5.75 Å². The maximum atomic E-state index is 10.8. The summed E-state index contributed by atoms with van der Waals surface area (Å²) in [5.74, 6) is -3.01. The molecule has 1 aromatic carbocycles. The van der Waals surface area contributed by atoms with Crippen molar-refractivity contribution in [1.29, 1.82) is 0 Å². The Balaban J connectivity index is 0.000000972. The van der Waals surface area contributed by atoms with E-state index in [9.17, 15) is 4.79 Å². The van der Waals surface area contributed by atoms with Gasteiger partial charge < -0.3 is 25.6 Å². The van der Waals surface area contributed by atoms with E-state index in [0.717, 1.165) is 49.1 Å². The number of amides is 1. The molecule has 0 saturated carbocycles. The summed E-state index contributed by atoms with van der Waals surface area (Å²) >= 11 is 3.51. The predicted molar refractivity (Wildman–Crippen MR) is 105 cm³/mol. The average molecular weight is 447 g/mol. The highest BCUT2D eigenvalue weighted by molar-refractivity contribution is 9.10. The standard InChI is InChI=1S/C16H25BrN2O2.C2H2O4/c1-3-9-19(10-4-5-16(18)20)11-8-13-6-7-15(21-2)14(17)12-13;3-1(4)2(5)6/h6-7,12H,3-5,8-11H2,1-2H3,(H2,18,20);(H,3,4)(H,5,6). The molecule has 0 aliphatic heterocycles. The van der Waals surface area contributed by atoms with Crippen LogP contribution < -0.4 is 10.5 Å². The number of rotatable bonds is 10. The number of benzene rings is 1. The van der Waals surface area contributed by atoms with Crippen LogP contribution in [0, 0.1) is 0 Å². The number of carbonyl (C=O) groups is 3. The van der Waals surface area contributed by atoms with Gasteiger partial charge in [-0.05, 0) is 66.0 Å². The third kappa shape index (κ3) is 12.0. The van der Waals surface area contributed by atoms with E-state index in [1.165, 1.54) is 5.56 Å². The molecule has 0 radical (unpaired) electrons. The number of ether oxygens (including phenoxy) is 1. The smallest absolute Gasteiger partial charge is 0.414 e. The van der Waals surface area contributed by atoms with Crippen molar-refractivity contribution in [3.05, 3.63) is 28.2 Å². The number of carbonyl (C=O) groups excluding carboxylic acids is 1. The molecule has 0 fully saturated rings. The molecule has 0 bridgehead atoms. The molecule has 0 spiro atoms. The van der Waals surface area contributed by atoms with Crippen molar-refractivity contribution in [3.63, 3.8) is 0 Å². The monoisotopic (exact) mass is 446 g/mol. The molecule has 0 atom stereocenters. The third-order valence-corrected chi connectivity index (χ3v) is 4.17. The summed E-state index contributed by atoms with van der Waals surface area (Å²) in [6, 6.07) is 6.18. The Morgan fingerprint density at radius 1 is 1.15 bits per heavy atom. The van der Waals surface area contributed by atoms with Crippen LogP contribution in [0.25, 0.3) is 0 Å². The Hall–Kier alpha value is -2.13. The lowest BCUT2D eigenvalue weighted by molar-refractivity contribution is -0.159. The zero-order valence-corrected chi connectivity index (χ0v) is 17.2. The van der Waals surface area contributed by atoms with Gasteiger partial charge in [-0.2, -0.15) is 0 Å². The molecular formula is C18H27BrN2O6. The minimum Gasteiger partial charge on any atom is -0.496 e. The largest absolute Gasteiger partial charge is 0.496 e. The Morgan fingerprint density at radius 3 is 2.22 bits per heavy atom. The maximum Gasteiger partial charge on any atom is 0.414 e. The van der Waals surface area contributed by atoms with E-state index in [2.05, 4.69) is 39.9 Å². The molecule has 1 aromatic rings. The fraction of sp³-hybridized carbons (Fsp3) is 0.500. The van der Waals surface area contributed by atoms with Crippen molar-refractivity contribution in [1.82, 2.24) is 4.90 Å². The van der Waals surface area contributed by atoms with E-state index >= 15 is 0 Å². The Labute approximate surface area is 167 Å². The van der Waals surface area contributed by atoms with Crippen molar-refractivity contribution in [2.24, 2.45) is 5.73 Å². The molecule has 0 saturated heterocycles. The summed E-state index contributed by atoms with van der Waals surface area (Å²) in [7, 11) is 1.67. The van der Waals surface area contributed by atoms with E-state index < -0.39 is 11.9 Å². The van der Waals surface area contributed by atoms with Crippen LogP contribution in [0.1, 0.15) is 31.7 Å². The molecule has 1 rings (SSSR count). The maximum absolute atomic E-state index is 10.8. The lowest BCUT2D eigenvalue weighted by atomic mass is 10.1. The van der Waals surface area contributed by atoms with Crippen LogP contribution in [0.3, 0.4) is 0 Å². The summed E-state index contributed by atoms with van der Waals surface area (Å²) < 4.78 is 6.22. The van der Waals surface area contributed by atoms with Crippen molar-refractivity contribution < 1.29 is 29.3 Å². The van der Waals surface area contributed by atoms with Gasteiger partial charge in [-0.25, -0.2) is 9.59 Å². The van der Waals surface area contributed by atoms with E-state index in [-0.39, 0.29) is 5.91 Å². The second-order valence-electron chi connectivity index (χ2n) is 5.74. The highest BCUT2D eigenvalue weighted by Gasteiger charge is 2.07. The summed E-state index contributed by atoms with van der Waals surface area (Å²) in [5.41, 5.74) is 6.46. The molecule has 9 heteroatoms. The zero-order chi connectivity index (χ0) is 20.8. The number of primary amides is 1. The Bertz CT molecular complexity index is 612. The summed E-state index contributed by atoms with van der Waals surface area (Å²) in [6.45, 7) is 5.14. The lowest BCUT2D eigenvalue weighted by Gasteiger charge is -2.21. The molecule has 8 nitrogen and oxygen atoms in total. The van der Waals surface area contributed by atoms with Crippen LogP contribution >= 0.6 is 15.9 Å². The quantitative estimate of drug-likeness (QED) is 0.469. The van der Waals surface area contributed by atoms with Gasteiger partial charge in [0.05, 0.1) is 11.6 Å². The predicted octanol–water partition coefficient (Wildman–Crippen LogP) is 2.13. The van der Waals surface area contributed by atoms with Gasteiger partial charge in [-0.15, -0.1) is 0 Å². The minimum absolute atomic E-state index is 0.217. The normalized spacial score (nSPS) is 10.1. The fourth-order valence-corrected chi connectivity index (χ4v) is 2.87. The first-order valence-electron chi connectivity index (χ1n) is 8.50. The molecule has 0 unspecified atom stereocenters. The van der Waals surface area contributed by atoms with E-state index in [1.54, 1.807) is 7.11 Å². The first-order valence-corrected chi connectivity index (χ1v) is 9.29. The number of halogens is 1. The highest BCUT2D eigenvalue weighted by atomic mass is 79.9. The van der Waals surface area contributed by atoms with E-state index in [0.29, 0.717) is 6.42 Å². The van der Waals surface area contributed by atoms with Crippen LogP contribution in [0.2, 0.25) is 0 Å². The summed E-state index contributed by atoms with van der Waals surface area (Å²) in [4.78, 5) is 31.4. The number of carboxylic acid groups (broad SMARTS) is 2. The van der Waals surface area contributed by atoms with Crippen LogP contribution in [0.5, 0.6) is 5.75 Å². The molecule has 0 aromatic heterocycles. The molecule has 4 N–H and O–H groups in total. The molecule has 0 heterocycles. The number of methoxy groups -OCH3 is 1. The molecule has 0 aliphatic carbocycles. The number of nitrogens with two attached hydrogens (primary N) is 1. The van der Waals surface area contributed by atoms with Crippen molar-refractivity contribution >= 4 is 33.8 Å². The SMILES string of the molecule is CCCN(CCCC(N)=O)CCc1ccc(OC)c(Br)c1.O=C(O)C(=O)O.